The number of furan rings is 2. The van der Waals surface area contributed by atoms with Crippen LogP contribution in [0.25, 0.3) is 99.1 Å². The number of amidine groups is 1. The van der Waals surface area contributed by atoms with Crippen LogP contribution in [0.5, 0.6) is 0 Å². The zero-order valence-corrected chi connectivity index (χ0v) is 34.1. The van der Waals surface area contributed by atoms with Gasteiger partial charge < -0.3 is 14.6 Å². The quantitative estimate of drug-likeness (QED) is 0.134. The summed E-state index contributed by atoms with van der Waals surface area (Å²) in [5, 5.41) is 6.55. The van der Waals surface area contributed by atoms with Crippen molar-refractivity contribution in [2.24, 2.45) is 15.7 Å². The number of aromatic nitrogens is 1. The molecule has 63 heavy (non-hydrogen) atoms. The molecule has 6 nitrogen and oxygen atoms in total. The number of benzene rings is 9. The van der Waals surface area contributed by atoms with Gasteiger partial charge in [0.15, 0.2) is 5.84 Å². The first-order chi connectivity index (χ1) is 31.1. The van der Waals surface area contributed by atoms with Crippen molar-refractivity contribution in [3.63, 3.8) is 0 Å². The van der Waals surface area contributed by atoms with Crippen molar-refractivity contribution < 1.29 is 8.83 Å². The summed E-state index contributed by atoms with van der Waals surface area (Å²) in [6.07, 6.45) is 0. The first-order valence-electron chi connectivity index (χ1n) is 21.1. The molecule has 12 rings (SSSR count). The van der Waals surface area contributed by atoms with Gasteiger partial charge in [-0.3, -0.25) is 9.56 Å². The number of aliphatic imine (C=N–C) groups is 2. The second kappa shape index (κ2) is 14.9. The topological polar surface area (TPSA) is 81.9 Å². The fourth-order valence-electron chi connectivity index (χ4n) is 9.20. The maximum absolute atomic E-state index is 7.05. The van der Waals surface area contributed by atoms with Crippen molar-refractivity contribution >= 4 is 77.5 Å². The minimum Gasteiger partial charge on any atom is -0.456 e. The molecule has 0 saturated heterocycles. The van der Waals surface area contributed by atoms with Crippen LogP contribution in [0.4, 0.5) is 0 Å². The van der Waals surface area contributed by atoms with Gasteiger partial charge in [0.2, 0.25) is 5.96 Å². The van der Waals surface area contributed by atoms with Crippen LogP contribution in [0.3, 0.4) is 0 Å². The highest BCUT2D eigenvalue weighted by atomic mass is 16.3. The summed E-state index contributed by atoms with van der Waals surface area (Å²) >= 11 is 0. The summed E-state index contributed by atoms with van der Waals surface area (Å²) in [5.41, 5.74) is 21.2. The molecule has 298 valence electrons. The minimum atomic E-state index is 0.341. The van der Waals surface area contributed by atoms with Crippen molar-refractivity contribution in [1.82, 2.24) is 4.57 Å². The van der Waals surface area contributed by atoms with Crippen LogP contribution in [-0.2, 0) is 6.54 Å². The summed E-state index contributed by atoms with van der Waals surface area (Å²) in [6, 6.07) is 71.2. The lowest BCUT2D eigenvalue weighted by Gasteiger charge is -2.10. The molecule has 0 spiro atoms. The largest absolute Gasteiger partial charge is 0.456 e. The molecular weight excluding hydrogens is 773 g/mol. The van der Waals surface area contributed by atoms with Crippen LogP contribution in [-0.4, -0.2) is 16.4 Å². The Morgan fingerprint density at radius 3 is 1.81 bits per heavy atom. The molecule has 2 N–H and O–H groups in total. The third kappa shape index (κ3) is 6.27. The van der Waals surface area contributed by atoms with E-state index in [1.165, 1.54) is 0 Å². The second-order valence-corrected chi connectivity index (χ2v) is 15.9. The molecule has 0 bridgehead atoms. The molecule has 0 atom stereocenters. The highest BCUT2D eigenvalue weighted by Crippen LogP contribution is 2.39. The van der Waals surface area contributed by atoms with Gasteiger partial charge in [-0.1, -0.05) is 158 Å². The fourth-order valence-corrected chi connectivity index (χ4v) is 9.20. The zero-order valence-electron chi connectivity index (χ0n) is 34.1. The van der Waals surface area contributed by atoms with E-state index in [0.717, 1.165) is 110 Å². The average molecular weight is 811 g/mol. The SMILES string of the molecule is NC(=NC(=NCc1cccc2oc3ccc(-c4ccc(-c5cccc6oc7ccccc7c56)cc4)cc3c12)c1ccccc1)n1c2ccccc2c2cc(-c3ccccc3)ccc21. The predicted molar refractivity (Wildman–Crippen MR) is 260 cm³/mol. The number of nitrogens with two attached hydrogens (primary N) is 1. The molecule has 12 aromatic rings. The highest BCUT2D eigenvalue weighted by Gasteiger charge is 2.17. The van der Waals surface area contributed by atoms with E-state index in [9.17, 15) is 0 Å². The lowest BCUT2D eigenvalue weighted by Crippen LogP contribution is -2.24. The van der Waals surface area contributed by atoms with E-state index in [4.69, 9.17) is 24.6 Å². The maximum Gasteiger partial charge on any atom is 0.207 e. The van der Waals surface area contributed by atoms with Crippen LogP contribution >= 0.6 is 0 Å². The Kier molecular flexibility index (Phi) is 8.61. The zero-order chi connectivity index (χ0) is 41.9. The molecule has 0 aliphatic carbocycles. The summed E-state index contributed by atoms with van der Waals surface area (Å²) < 4.78 is 14.7. The fraction of sp³-hybridized carbons (Fsp3) is 0.0175. The van der Waals surface area contributed by atoms with Gasteiger partial charge in [-0.15, -0.1) is 0 Å². The van der Waals surface area contributed by atoms with Crippen LogP contribution in [0.15, 0.2) is 225 Å². The first kappa shape index (κ1) is 36.4. The Balaban J connectivity index is 0.917. The number of para-hydroxylation sites is 2. The molecule has 3 aromatic heterocycles. The molecular formula is C57H38N4O2. The summed E-state index contributed by atoms with van der Waals surface area (Å²) in [4.78, 5) is 10.3. The molecule has 9 aromatic carbocycles. The number of nitrogens with zero attached hydrogens (tertiary/aromatic N) is 3. The van der Waals surface area contributed by atoms with Crippen LogP contribution < -0.4 is 5.73 Å². The number of rotatable bonds is 6. The molecule has 0 unspecified atom stereocenters. The Hall–Kier alpha value is -8.48. The second-order valence-electron chi connectivity index (χ2n) is 15.9. The molecule has 0 aliphatic rings. The molecule has 3 heterocycles. The van der Waals surface area contributed by atoms with Gasteiger partial charge in [-0.05, 0) is 87.5 Å². The predicted octanol–water partition coefficient (Wildman–Crippen LogP) is 14.4. The standard InChI is InChI=1S/C57H38N4O2/c58-57(61-48-21-9-7-18-44(48)46-33-40(29-31-49(46)61)36-13-3-1-4-14-36)60-56(39-15-5-2-6-16-39)59-35-42-17-11-23-52-54(42)47-34-41(30-32-51(47)63-52)37-25-27-38(28-26-37)43-20-12-24-53-55(43)45-19-8-10-22-50(45)62-53/h1-34H,35H2,(H2,58,59,60). The Bertz CT molecular complexity index is 3760. The van der Waals surface area contributed by atoms with Crippen molar-refractivity contribution in [2.45, 2.75) is 6.54 Å². The van der Waals surface area contributed by atoms with Gasteiger partial charge in [-0.2, -0.15) is 4.99 Å². The average Bonchev–Trinajstić information content (AvgIpc) is 4.03. The molecule has 0 radical (unpaired) electrons. The molecule has 0 fully saturated rings. The Labute approximate surface area is 362 Å². The van der Waals surface area contributed by atoms with Gasteiger partial charge in [0.05, 0.1) is 17.6 Å². The van der Waals surface area contributed by atoms with Crippen LogP contribution in [0.2, 0.25) is 0 Å². The minimum absolute atomic E-state index is 0.341. The summed E-state index contributed by atoms with van der Waals surface area (Å²) in [5.74, 6) is 0.887. The van der Waals surface area contributed by atoms with Gasteiger partial charge in [0.25, 0.3) is 0 Å². The molecule has 6 heteroatoms. The van der Waals surface area contributed by atoms with E-state index in [-0.39, 0.29) is 0 Å². The smallest absolute Gasteiger partial charge is 0.207 e. The van der Waals surface area contributed by atoms with E-state index in [1.54, 1.807) is 0 Å². The van der Waals surface area contributed by atoms with Gasteiger partial charge >= 0.3 is 0 Å². The maximum atomic E-state index is 7.05. The summed E-state index contributed by atoms with van der Waals surface area (Å²) in [7, 11) is 0. The van der Waals surface area contributed by atoms with E-state index in [1.807, 2.05) is 77.4 Å². The Morgan fingerprint density at radius 2 is 1.00 bits per heavy atom. The van der Waals surface area contributed by atoms with E-state index in [0.29, 0.717) is 18.3 Å². The van der Waals surface area contributed by atoms with Gasteiger partial charge in [0, 0.05) is 37.9 Å². The van der Waals surface area contributed by atoms with Gasteiger partial charge in [0.1, 0.15) is 22.3 Å². The van der Waals surface area contributed by atoms with E-state index in [2.05, 4.69) is 133 Å². The van der Waals surface area contributed by atoms with Crippen molar-refractivity contribution in [3.05, 3.63) is 217 Å². The monoisotopic (exact) mass is 810 g/mol. The lowest BCUT2D eigenvalue weighted by atomic mass is 9.96. The van der Waals surface area contributed by atoms with Crippen molar-refractivity contribution in [3.8, 4) is 33.4 Å². The first-order valence-corrected chi connectivity index (χ1v) is 21.1. The number of hydrogen-bond acceptors (Lipinski definition) is 3. The third-order valence-electron chi connectivity index (χ3n) is 12.2. The van der Waals surface area contributed by atoms with E-state index >= 15 is 0 Å². The Morgan fingerprint density at radius 1 is 0.429 bits per heavy atom. The molecule has 0 aliphatic heterocycles. The van der Waals surface area contributed by atoms with Gasteiger partial charge in [-0.25, -0.2) is 0 Å². The van der Waals surface area contributed by atoms with Crippen molar-refractivity contribution in [1.29, 1.82) is 0 Å². The normalized spacial score (nSPS) is 12.4. The number of fused-ring (bicyclic) bond motifs is 9. The van der Waals surface area contributed by atoms with Crippen LogP contribution in [0, 0.1) is 0 Å². The highest BCUT2D eigenvalue weighted by molar-refractivity contribution is 6.17. The summed E-state index contributed by atoms with van der Waals surface area (Å²) in [6.45, 7) is 0.369. The van der Waals surface area contributed by atoms with Crippen molar-refractivity contribution in [2.75, 3.05) is 0 Å². The number of hydrogen-bond donors (Lipinski definition) is 1. The third-order valence-corrected chi connectivity index (χ3v) is 12.2. The molecule has 0 saturated carbocycles. The van der Waals surface area contributed by atoms with Crippen LogP contribution in [0.1, 0.15) is 11.1 Å². The van der Waals surface area contributed by atoms with E-state index < -0.39 is 0 Å². The molecule has 0 amide bonds. The lowest BCUT2D eigenvalue weighted by molar-refractivity contribution is 0.668.